The molecule has 0 fully saturated rings. The highest BCUT2D eigenvalue weighted by atomic mass is 35.5. The standard InChI is InChI=1S/C19H23ClN2O2/c1-3-22(4-2)13-15-5-7-16(8-6-15)14-24-19(23)21-18-11-9-17(20)10-12-18/h5-12H,3-4,13-14H2,1-2H3,(H,21,23). The Morgan fingerprint density at radius 1 is 1.00 bits per heavy atom. The van der Waals surface area contributed by atoms with Crippen molar-refractivity contribution in [2.45, 2.75) is 27.0 Å². The number of rotatable bonds is 7. The smallest absolute Gasteiger partial charge is 0.411 e. The molecule has 0 aliphatic heterocycles. The van der Waals surface area contributed by atoms with Gasteiger partial charge in [0.05, 0.1) is 0 Å². The minimum Gasteiger partial charge on any atom is -0.444 e. The molecule has 2 aromatic carbocycles. The molecule has 0 bridgehead atoms. The molecular formula is C19H23ClN2O2. The number of carbonyl (C=O) groups excluding carboxylic acids is 1. The predicted octanol–water partition coefficient (Wildman–Crippen LogP) is 4.93. The minimum absolute atomic E-state index is 0.241. The fourth-order valence-corrected chi connectivity index (χ4v) is 2.41. The molecule has 2 rings (SSSR count). The summed E-state index contributed by atoms with van der Waals surface area (Å²) < 4.78 is 5.23. The number of halogens is 1. The van der Waals surface area contributed by atoms with Gasteiger partial charge in [-0.1, -0.05) is 49.7 Å². The van der Waals surface area contributed by atoms with E-state index >= 15 is 0 Å². The number of anilines is 1. The number of amides is 1. The Balaban J connectivity index is 1.81. The van der Waals surface area contributed by atoms with Gasteiger partial charge in [0.2, 0.25) is 0 Å². The SMILES string of the molecule is CCN(CC)Cc1ccc(COC(=O)Nc2ccc(Cl)cc2)cc1. The minimum atomic E-state index is -0.482. The van der Waals surface area contributed by atoms with Crippen LogP contribution in [0.2, 0.25) is 5.02 Å². The largest absolute Gasteiger partial charge is 0.444 e. The van der Waals surface area contributed by atoms with Crippen molar-refractivity contribution in [1.82, 2.24) is 4.90 Å². The van der Waals surface area contributed by atoms with Crippen LogP contribution in [0, 0.1) is 0 Å². The average molecular weight is 347 g/mol. The van der Waals surface area contributed by atoms with E-state index in [9.17, 15) is 4.79 Å². The molecule has 0 saturated carbocycles. The number of ether oxygens (including phenoxy) is 1. The highest BCUT2D eigenvalue weighted by molar-refractivity contribution is 6.30. The zero-order valence-corrected chi connectivity index (χ0v) is 14.8. The molecule has 0 radical (unpaired) electrons. The van der Waals surface area contributed by atoms with Crippen LogP contribution in [0.3, 0.4) is 0 Å². The van der Waals surface area contributed by atoms with Crippen LogP contribution < -0.4 is 5.32 Å². The van der Waals surface area contributed by atoms with E-state index in [-0.39, 0.29) is 6.61 Å². The molecule has 5 heteroatoms. The van der Waals surface area contributed by atoms with Crippen molar-refractivity contribution in [3.05, 3.63) is 64.7 Å². The quantitative estimate of drug-likeness (QED) is 0.772. The van der Waals surface area contributed by atoms with Gasteiger partial charge >= 0.3 is 6.09 Å². The summed E-state index contributed by atoms with van der Waals surface area (Å²) in [6.07, 6.45) is -0.482. The molecule has 24 heavy (non-hydrogen) atoms. The average Bonchev–Trinajstić information content (AvgIpc) is 2.61. The van der Waals surface area contributed by atoms with Gasteiger partial charge in [0.15, 0.2) is 0 Å². The number of carbonyl (C=O) groups is 1. The molecule has 0 spiro atoms. The Morgan fingerprint density at radius 3 is 2.17 bits per heavy atom. The van der Waals surface area contributed by atoms with E-state index in [1.165, 1.54) is 5.56 Å². The Bertz CT molecular complexity index is 637. The first-order valence-corrected chi connectivity index (χ1v) is 8.48. The van der Waals surface area contributed by atoms with Crippen LogP contribution in [-0.2, 0) is 17.9 Å². The first kappa shape index (κ1) is 18.3. The van der Waals surface area contributed by atoms with Gasteiger partial charge in [-0.3, -0.25) is 10.2 Å². The lowest BCUT2D eigenvalue weighted by molar-refractivity contribution is 0.155. The van der Waals surface area contributed by atoms with Gasteiger partial charge in [0.25, 0.3) is 0 Å². The van der Waals surface area contributed by atoms with Crippen LogP contribution in [0.15, 0.2) is 48.5 Å². The summed E-state index contributed by atoms with van der Waals surface area (Å²) in [6, 6.07) is 15.0. The van der Waals surface area contributed by atoms with Crippen molar-refractivity contribution in [1.29, 1.82) is 0 Å². The van der Waals surface area contributed by atoms with Crippen LogP contribution in [0.4, 0.5) is 10.5 Å². The highest BCUT2D eigenvalue weighted by Crippen LogP contribution is 2.14. The molecule has 2 aromatic rings. The van der Waals surface area contributed by atoms with Crippen LogP contribution in [0.5, 0.6) is 0 Å². The second-order valence-electron chi connectivity index (χ2n) is 5.49. The molecule has 128 valence electrons. The number of hydrogen-bond donors (Lipinski definition) is 1. The van der Waals surface area contributed by atoms with Crippen molar-refractivity contribution in [2.75, 3.05) is 18.4 Å². The van der Waals surface area contributed by atoms with E-state index < -0.39 is 6.09 Å². The molecule has 1 amide bonds. The van der Waals surface area contributed by atoms with Crippen molar-refractivity contribution >= 4 is 23.4 Å². The second kappa shape index (κ2) is 9.30. The lowest BCUT2D eigenvalue weighted by Crippen LogP contribution is -2.22. The zero-order chi connectivity index (χ0) is 17.4. The van der Waals surface area contributed by atoms with Gasteiger partial charge in [-0.2, -0.15) is 0 Å². The third kappa shape index (κ3) is 5.87. The maximum absolute atomic E-state index is 11.8. The van der Waals surface area contributed by atoms with Crippen molar-refractivity contribution < 1.29 is 9.53 Å². The van der Waals surface area contributed by atoms with Crippen LogP contribution >= 0.6 is 11.6 Å². The summed E-state index contributed by atoms with van der Waals surface area (Å²) in [7, 11) is 0. The number of benzene rings is 2. The van der Waals surface area contributed by atoms with Gasteiger partial charge in [-0.15, -0.1) is 0 Å². The summed E-state index contributed by atoms with van der Waals surface area (Å²) in [5.74, 6) is 0. The number of nitrogens with one attached hydrogen (secondary N) is 1. The number of nitrogens with zero attached hydrogens (tertiary/aromatic N) is 1. The van der Waals surface area contributed by atoms with Gasteiger partial charge in [-0.05, 0) is 48.5 Å². The Kier molecular flexibility index (Phi) is 7.09. The third-order valence-electron chi connectivity index (χ3n) is 3.78. The van der Waals surface area contributed by atoms with Crippen molar-refractivity contribution in [3.8, 4) is 0 Å². The molecule has 0 atom stereocenters. The molecule has 0 unspecified atom stereocenters. The molecule has 0 aliphatic rings. The van der Waals surface area contributed by atoms with Crippen LogP contribution in [0.1, 0.15) is 25.0 Å². The lowest BCUT2D eigenvalue weighted by atomic mass is 10.1. The fourth-order valence-electron chi connectivity index (χ4n) is 2.28. The molecular weight excluding hydrogens is 324 g/mol. The maximum Gasteiger partial charge on any atom is 0.411 e. The first-order valence-electron chi connectivity index (χ1n) is 8.10. The molecule has 0 aliphatic carbocycles. The Morgan fingerprint density at radius 2 is 1.58 bits per heavy atom. The number of hydrogen-bond acceptors (Lipinski definition) is 3. The summed E-state index contributed by atoms with van der Waals surface area (Å²) in [4.78, 5) is 14.1. The van der Waals surface area contributed by atoms with E-state index in [4.69, 9.17) is 16.3 Å². The predicted molar refractivity (Wildman–Crippen MR) is 98.3 cm³/mol. The Labute approximate surface area is 148 Å². The van der Waals surface area contributed by atoms with E-state index in [0.29, 0.717) is 10.7 Å². The van der Waals surface area contributed by atoms with Gasteiger partial charge in [-0.25, -0.2) is 4.79 Å². The maximum atomic E-state index is 11.8. The Hall–Kier alpha value is -2.04. The summed E-state index contributed by atoms with van der Waals surface area (Å²) in [6.45, 7) is 7.56. The van der Waals surface area contributed by atoms with Crippen LogP contribution in [-0.4, -0.2) is 24.1 Å². The zero-order valence-electron chi connectivity index (χ0n) is 14.1. The van der Waals surface area contributed by atoms with Gasteiger partial charge in [0, 0.05) is 17.3 Å². The van der Waals surface area contributed by atoms with Crippen molar-refractivity contribution in [3.63, 3.8) is 0 Å². The third-order valence-corrected chi connectivity index (χ3v) is 4.04. The molecule has 0 heterocycles. The van der Waals surface area contributed by atoms with E-state index in [2.05, 4.69) is 36.2 Å². The van der Waals surface area contributed by atoms with E-state index in [0.717, 1.165) is 25.2 Å². The molecule has 1 N–H and O–H groups in total. The molecule has 4 nitrogen and oxygen atoms in total. The lowest BCUT2D eigenvalue weighted by Gasteiger charge is -2.18. The fraction of sp³-hybridized carbons (Fsp3) is 0.316. The summed E-state index contributed by atoms with van der Waals surface area (Å²) in [5, 5.41) is 3.29. The normalized spacial score (nSPS) is 10.7. The highest BCUT2D eigenvalue weighted by Gasteiger charge is 2.05. The molecule has 0 saturated heterocycles. The van der Waals surface area contributed by atoms with E-state index in [1.54, 1.807) is 24.3 Å². The van der Waals surface area contributed by atoms with Crippen LogP contribution in [0.25, 0.3) is 0 Å². The summed E-state index contributed by atoms with van der Waals surface area (Å²) in [5.41, 5.74) is 2.87. The van der Waals surface area contributed by atoms with Gasteiger partial charge in [0.1, 0.15) is 6.61 Å². The summed E-state index contributed by atoms with van der Waals surface area (Å²) >= 11 is 5.81. The van der Waals surface area contributed by atoms with Crippen molar-refractivity contribution in [2.24, 2.45) is 0 Å². The van der Waals surface area contributed by atoms with Gasteiger partial charge < -0.3 is 4.74 Å². The topological polar surface area (TPSA) is 41.6 Å². The monoisotopic (exact) mass is 346 g/mol. The first-order chi connectivity index (χ1) is 11.6. The molecule has 0 aromatic heterocycles. The second-order valence-corrected chi connectivity index (χ2v) is 5.92. The van der Waals surface area contributed by atoms with E-state index in [1.807, 2.05) is 12.1 Å².